The predicted molar refractivity (Wildman–Crippen MR) is 193 cm³/mol. The molecule has 4 aromatic carbocycles. The van der Waals surface area contributed by atoms with Gasteiger partial charge in [0.1, 0.15) is 0 Å². The summed E-state index contributed by atoms with van der Waals surface area (Å²) < 4.78 is 31.0. The van der Waals surface area contributed by atoms with Crippen LogP contribution in [0.3, 0.4) is 0 Å². The molecule has 0 spiro atoms. The van der Waals surface area contributed by atoms with E-state index in [4.69, 9.17) is 0 Å². The third kappa shape index (κ3) is 8.29. The van der Waals surface area contributed by atoms with E-state index >= 15 is 9.13 Å². The van der Waals surface area contributed by atoms with Crippen molar-refractivity contribution in [2.24, 2.45) is 0 Å². The number of unbranched alkanes of at least 4 members (excludes halogenated alkanes) is 6. The molecule has 0 aliphatic carbocycles. The minimum atomic E-state index is -3.14. The van der Waals surface area contributed by atoms with Gasteiger partial charge in [0.25, 0.3) is 0 Å². The van der Waals surface area contributed by atoms with Crippen molar-refractivity contribution < 1.29 is 9.13 Å². The van der Waals surface area contributed by atoms with Crippen molar-refractivity contribution >= 4 is 35.5 Å². The van der Waals surface area contributed by atoms with Gasteiger partial charge in [0.2, 0.25) is 0 Å². The number of allylic oxidation sites excluding steroid dienone is 4. The second kappa shape index (κ2) is 17.3. The second-order valence-corrected chi connectivity index (χ2v) is 17.1. The molecule has 0 radical (unpaired) electrons. The van der Waals surface area contributed by atoms with Gasteiger partial charge in [0.15, 0.2) is 14.3 Å². The molecule has 4 rings (SSSR count). The first-order valence-corrected chi connectivity index (χ1v) is 19.8. The highest BCUT2D eigenvalue weighted by atomic mass is 31.2. The number of hydrogen-bond acceptors (Lipinski definition) is 2. The Morgan fingerprint density at radius 1 is 0.432 bits per heavy atom. The van der Waals surface area contributed by atoms with E-state index in [-0.39, 0.29) is 0 Å². The van der Waals surface area contributed by atoms with Crippen LogP contribution in [0.15, 0.2) is 144 Å². The molecule has 230 valence electrons. The Labute approximate surface area is 266 Å². The van der Waals surface area contributed by atoms with E-state index in [0.717, 1.165) is 96.1 Å². The van der Waals surface area contributed by atoms with Gasteiger partial charge in [0, 0.05) is 21.2 Å². The van der Waals surface area contributed by atoms with E-state index in [2.05, 4.69) is 26.0 Å². The lowest BCUT2D eigenvalue weighted by Crippen LogP contribution is -2.18. The van der Waals surface area contributed by atoms with Crippen molar-refractivity contribution in [2.45, 2.75) is 78.1 Å². The number of hydrogen-bond donors (Lipinski definition) is 0. The summed E-state index contributed by atoms with van der Waals surface area (Å²) in [5.74, 6) is 0. The molecule has 0 bridgehead atoms. The van der Waals surface area contributed by atoms with Gasteiger partial charge < -0.3 is 9.13 Å². The van der Waals surface area contributed by atoms with Crippen LogP contribution < -0.4 is 21.2 Å². The van der Waals surface area contributed by atoms with Gasteiger partial charge in [-0.25, -0.2) is 0 Å². The number of benzene rings is 4. The topological polar surface area (TPSA) is 34.1 Å². The fourth-order valence-corrected chi connectivity index (χ4v) is 11.7. The highest BCUT2D eigenvalue weighted by molar-refractivity contribution is 7.83. The van der Waals surface area contributed by atoms with Crippen LogP contribution in [0.25, 0.3) is 0 Å². The molecule has 0 amide bonds. The van der Waals surface area contributed by atoms with Crippen LogP contribution in [-0.2, 0) is 9.13 Å². The van der Waals surface area contributed by atoms with Crippen LogP contribution >= 0.6 is 14.3 Å². The van der Waals surface area contributed by atoms with Gasteiger partial charge in [0.05, 0.1) is 0 Å². The molecule has 4 heteroatoms. The van der Waals surface area contributed by atoms with Crippen LogP contribution in [0.2, 0.25) is 0 Å². The first-order valence-electron chi connectivity index (χ1n) is 16.4. The molecule has 2 nitrogen and oxygen atoms in total. The maximum Gasteiger partial charge on any atom is 0.167 e. The summed E-state index contributed by atoms with van der Waals surface area (Å²) in [7, 11) is -6.29. The zero-order chi connectivity index (χ0) is 31.1. The average molecular weight is 623 g/mol. The van der Waals surface area contributed by atoms with Gasteiger partial charge in [-0.15, -0.1) is 0 Å². The van der Waals surface area contributed by atoms with Gasteiger partial charge in [-0.2, -0.15) is 0 Å². The van der Waals surface area contributed by atoms with Crippen LogP contribution in [0.4, 0.5) is 0 Å². The van der Waals surface area contributed by atoms with Gasteiger partial charge >= 0.3 is 0 Å². The predicted octanol–water partition coefficient (Wildman–Crippen LogP) is 10.7. The fourth-order valence-electron chi connectivity index (χ4n) is 5.86. The highest BCUT2D eigenvalue weighted by Gasteiger charge is 2.33. The molecule has 0 aromatic heterocycles. The summed E-state index contributed by atoms with van der Waals surface area (Å²) in [6, 6.07) is 39.8. The van der Waals surface area contributed by atoms with E-state index in [1.165, 1.54) is 0 Å². The Morgan fingerprint density at radius 3 is 0.955 bits per heavy atom. The lowest BCUT2D eigenvalue weighted by Gasteiger charge is -2.25. The average Bonchev–Trinajstić information content (AvgIpc) is 3.09. The Bertz CT molecular complexity index is 1350. The quantitative estimate of drug-likeness (QED) is 0.0667. The monoisotopic (exact) mass is 622 g/mol. The summed E-state index contributed by atoms with van der Waals surface area (Å²) in [5.41, 5.74) is 0. The second-order valence-electron chi connectivity index (χ2n) is 11.5. The molecule has 4 aromatic rings. The molecule has 0 saturated heterocycles. The van der Waals surface area contributed by atoms with Gasteiger partial charge in [-0.1, -0.05) is 186 Å². The third-order valence-electron chi connectivity index (χ3n) is 8.33. The maximum atomic E-state index is 15.5. The SMILES string of the molecule is CCCCCC/C(=C/C=C(/CCCCCC)P(=O)(c1ccccc1)c1ccccc1)P(=O)(c1ccccc1)c1ccccc1. The Kier molecular flexibility index (Phi) is 13.3. The summed E-state index contributed by atoms with van der Waals surface area (Å²) in [4.78, 5) is 0. The minimum Gasteiger partial charge on any atom is -0.309 e. The molecule has 0 saturated carbocycles. The third-order valence-corrected chi connectivity index (χ3v) is 14.8. The summed E-state index contributed by atoms with van der Waals surface area (Å²) >= 11 is 0. The van der Waals surface area contributed by atoms with Crippen molar-refractivity contribution in [3.05, 3.63) is 144 Å². The molecular formula is C40H48O2P2. The van der Waals surface area contributed by atoms with E-state index in [9.17, 15) is 0 Å². The fraction of sp³-hybridized carbons (Fsp3) is 0.300. The van der Waals surface area contributed by atoms with Crippen molar-refractivity contribution in [3.8, 4) is 0 Å². The Balaban J connectivity index is 1.94. The molecule has 0 N–H and O–H groups in total. The first kappa shape index (κ1) is 33.7. The van der Waals surface area contributed by atoms with Crippen molar-refractivity contribution in [2.75, 3.05) is 0 Å². The highest BCUT2D eigenvalue weighted by Crippen LogP contribution is 2.56. The zero-order valence-electron chi connectivity index (χ0n) is 26.5. The zero-order valence-corrected chi connectivity index (χ0v) is 28.3. The Hall–Kier alpha value is -3.18. The largest absolute Gasteiger partial charge is 0.309 e. The van der Waals surface area contributed by atoms with Crippen LogP contribution in [0, 0.1) is 0 Å². The molecule has 0 fully saturated rings. The van der Waals surface area contributed by atoms with Crippen LogP contribution in [0.1, 0.15) is 78.1 Å². The van der Waals surface area contributed by atoms with Crippen molar-refractivity contribution in [3.63, 3.8) is 0 Å². The lowest BCUT2D eigenvalue weighted by atomic mass is 10.1. The lowest BCUT2D eigenvalue weighted by molar-refractivity contribution is 0.586. The first-order chi connectivity index (χ1) is 21.5. The van der Waals surface area contributed by atoms with Crippen LogP contribution in [0.5, 0.6) is 0 Å². The minimum absolute atomic E-state index is 0.738. The molecular weight excluding hydrogens is 574 g/mol. The van der Waals surface area contributed by atoms with Crippen molar-refractivity contribution in [1.29, 1.82) is 0 Å². The Morgan fingerprint density at radius 2 is 0.705 bits per heavy atom. The smallest absolute Gasteiger partial charge is 0.167 e. The molecule has 0 aliphatic rings. The standard InChI is InChI=1S/C40H48O2P2/c1-3-5-7-13-31-39(43(41,35-23-15-9-16-24-35)36-25-17-10-18-26-36)33-34-40(32-14-8-6-4-2)44(42,37-27-19-11-20-28-37)38-29-21-12-22-30-38/h9-12,15-30,33-34H,3-8,13-14,31-32H2,1-2H3/b39-33-,40-34-. The summed E-state index contributed by atoms with van der Waals surface area (Å²) in [6.45, 7) is 4.43. The van der Waals surface area contributed by atoms with Crippen LogP contribution in [-0.4, -0.2) is 0 Å². The maximum absolute atomic E-state index is 15.5. The molecule has 0 aliphatic heterocycles. The van der Waals surface area contributed by atoms with E-state index < -0.39 is 14.3 Å². The number of rotatable bonds is 17. The summed E-state index contributed by atoms with van der Waals surface area (Å²) in [5, 5.41) is 5.26. The van der Waals surface area contributed by atoms with E-state index in [1.54, 1.807) is 0 Å². The molecule has 0 unspecified atom stereocenters. The normalized spacial score (nSPS) is 12.8. The molecule has 0 atom stereocenters. The molecule has 44 heavy (non-hydrogen) atoms. The molecule has 0 heterocycles. The summed E-state index contributed by atoms with van der Waals surface area (Å²) in [6.07, 6.45) is 14.4. The van der Waals surface area contributed by atoms with E-state index in [1.807, 2.05) is 121 Å². The van der Waals surface area contributed by atoms with Gasteiger partial charge in [-0.05, 0) is 36.3 Å². The van der Waals surface area contributed by atoms with Crippen molar-refractivity contribution in [1.82, 2.24) is 0 Å². The van der Waals surface area contributed by atoms with Gasteiger partial charge in [-0.3, -0.25) is 0 Å². The van der Waals surface area contributed by atoms with E-state index in [0.29, 0.717) is 0 Å².